The lowest BCUT2D eigenvalue weighted by Gasteiger charge is -2.18. The Labute approximate surface area is 186 Å². The van der Waals surface area contributed by atoms with Crippen molar-refractivity contribution in [2.45, 2.75) is 19.6 Å². The van der Waals surface area contributed by atoms with Crippen LogP contribution in [0.1, 0.15) is 12.5 Å². The summed E-state index contributed by atoms with van der Waals surface area (Å²) in [5.74, 6) is 0.962. The van der Waals surface area contributed by atoms with E-state index in [1.807, 2.05) is 25.1 Å². The second-order valence-electron chi connectivity index (χ2n) is 6.09. The molecule has 29 heavy (non-hydrogen) atoms. The highest BCUT2D eigenvalue weighted by Gasteiger charge is 2.07. The first-order chi connectivity index (χ1) is 13.5. The van der Waals surface area contributed by atoms with Crippen LogP contribution in [-0.2, 0) is 11.3 Å². The van der Waals surface area contributed by atoms with Crippen molar-refractivity contribution < 1.29 is 18.7 Å². The summed E-state index contributed by atoms with van der Waals surface area (Å²) in [7, 11) is 1.67. The first-order valence-electron chi connectivity index (χ1n) is 8.83. The number of nitrogens with two attached hydrogens (primary N) is 1. The molecule has 0 heterocycles. The third kappa shape index (κ3) is 9.46. The zero-order valence-electron chi connectivity index (χ0n) is 16.4. The molecule has 158 valence electrons. The number of halogens is 2. The van der Waals surface area contributed by atoms with Crippen LogP contribution in [0.4, 0.5) is 4.39 Å². The van der Waals surface area contributed by atoms with E-state index < -0.39 is 5.91 Å². The van der Waals surface area contributed by atoms with Crippen LogP contribution < -0.4 is 25.8 Å². The van der Waals surface area contributed by atoms with Crippen molar-refractivity contribution in [1.29, 1.82) is 0 Å². The number of primary amides is 1. The van der Waals surface area contributed by atoms with Crippen molar-refractivity contribution >= 4 is 35.8 Å². The smallest absolute Gasteiger partial charge is 0.255 e. The zero-order chi connectivity index (χ0) is 20.4. The number of rotatable bonds is 9. The van der Waals surface area contributed by atoms with Crippen molar-refractivity contribution in [3.05, 3.63) is 59.9 Å². The van der Waals surface area contributed by atoms with E-state index in [9.17, 15) is 9.18 Å². The van der Waals surface area contributed by atoms with Gasteiger partial charge in [-0.1, -0.05) is 12.1 Å². The van der Waals surface area contributed by atoms with Crippen molar-refractivity contribution in [3.63, 3.8) is 0 Å². The number of hydrogen-bond acceptors (Lipinski definition) is 4. The Hall–Kier alpha value is -2.56. The van der Waals surface area contributed by atoms with Crippen LogP contribution in [0.3, 0.4) is 0 Å². The molecule has 0 fully saturated rings. The quantitative estimate of drug-likeness (QED) is 0.270. The van der Waals surface area contributed by atoms with Crippen LogP contribution in [-0.4, -0.2) is 38.2 Å². The van der Waals surface area contributed by atoms with Crippen LogP contribution in [0, 0.1) is 5.82 Å². The maximum absolute atomic E-state index is 12.9. The number of carbonyl (C=O) groups is 1. The number of ether oxygens (including phenoxy) is 2. The van der Waals surface area contributed by atoms with Gasteiger partial charge in [0.2, 0.25) is 0 Å². The lowest BCUT2D eigenvalue weighted by molar-refractivity contribution is -0.119. The fourth-order valence-corrected chi connectivity index (χ4v) is 2.33. The number of nitrogens with zero attached hydrogens (tertiary/aromatic N) is 1. The fraction of sp³-hybridized carbons (Fsp3) is 0.300. The highest BCUT2D eigenvalue weighted by atomic mass is 127. The molecule has 2 aromatic rings. The Morgan fingerprint density at radius 3 is 2.55 bits per heavy atom. The molecule has 0 bridgehead atoms. The van der Waals surface area contributed by atoms with Crippen molar-refractivity contribution in [3.8, 4) is 11.5 Å². The Morgan fingerprint density at radius 2 is 1.90 bits per heavy atom. The average Bonchev–Trinajstić information content (AvgIpc) is 2.68. The standard InChI is InChI=1S/C20H25FN4O3.HI/c1-14(28-17-8-6-16(21)7-9-17)11-24-20(23-2)25-12-15-4-3-5-18(10-15)27-13-19(22)26;/h3-10,14H,11-13H2,1-2H3,(H2,22,26)(H2,23,24,25);1H. The van der Waals surface area contributed by atoms with Crippen molar-refractivity contribution in [2.24, 2.45) is 10.7 Å². The molecule has 1 atom stereocenters. The van der Waals surface area contributed by atoms with Gasteiger partial charge in [0.1, 0.15) is 23.4 Å². The van der Waals surface area contributed by atoms with E-state index in [2.05, 4.69) is 15.6 Å². The number of aliphatic imine (C=N–C) groups is 1. The monoisotopic (exact) mass is 516 g/mol. The van der Waals surface area contributed by atoms with Crippen LogP contribution in [0.15, 0.2) is 53.5 Å². The number of hydrogen-bond donors (Lipinski definition) is 3. The van der Waals surface area contributed by atoms with E-state index in [0.717, 1.165) is 5.56 Å². The Balaban J connectivity index is 0.00000420. The van der Waals surface area contributed by atoms with E-state index in [-0.39, 0.29) is 42.5 Å². The summed E-state index contributed by atoms with van der Waals surface area (Å²) in [4.78, 5) is 15.0. The number of guanidine groups is 1. The summed E-state index contributed by atoms with van der Waals surface area (Å²) in [5.41, 5.74) is 6.04. The van der Waals surface area contributed by atoms with Crippen LogP contribution >= 0.6 is 24.0 Å². The molecular formula is C20H26FIN4O3. The number of nitrogens with one attached hydrogen (secondary N) is 2. The van der Waals surface area contributed by atoms with Gasteiger partial charge >= 0.3 is 0 Å². The minimum absolute atomic E-state index is 0. The van der Waals surface area contributed by atoms with E-state index in [4.69, 9.17) is 15.2 Å². The molecule has 0 aliphatic heterocycles. The molecule has 0 spiro atoms. The van der Waals surface area contributed by atoms with E-state index >= 15 is 0 Å². The first kappa shape index (κ1) is 24.5. The molecule has 1 amide bonds. The molecule has 0 aromatic heterocycles. The minimum atomic E-state index is -0.523. The fourth-order valence-electron chi connectivity index (χ4n) is 2.33. The largest absolute Gasteiger partial charge is 0.489 e. The Morgan fingerprint density at radius 1 is 1.17 bits per heavy atom. The van der Waals surface area contributed by atoms with Gasteiger partial charge in [-0.25, -0.2) is 4.39 Å². The predicted molar refractivity (Wildman–Crippen MR) is 121 cm³/mol. The summed E-state index contributed by atoms with van der Waals surface area (Å²) in [5, 5.41) is 6.36. The normalized spacial score (nSPS) is 11.8. The van der Waals surface area contributed by atoms with Gasteiger partial charge in [0.05, 0.1) is 6.54 Å². The van der Waals surface area contributed by atoms with Gasteiger partial charge in [0.25, 0.3) is 5.91 Å². The van der Waals surface area contributed by atoms with E-state index in [1.54, 1.807) is 25.2 Å². The summed E-state index contributed by atoms with van der Waals surface area (Å²) in [6.07, 6.45) is -0.144. The third-order valence-corrected chi connectivity index (χ3v) is 3.67. The molecule has 0 aliphatic carbocycles. The van der Waals surface area contributed by atoms with Gasteiger partial charge in [0, 0.05) is 13.6 Å². The highest BCUT2D eigenvalue weighted by molar-refractivity contribution is 14.0. The van der Waals surface area contributed by atoms with Gasteiger partial charge in [-0.3, -0.25) is 9.79 Å². The van der Waals surface area contributed by atoms with E-state index in [0.29, 0.717) is 30.5 Å². The van der Waals surface area contributed by atoms with Gasteiger partial charge < -0.3 is 25.8 Å². The van der Waals surface area contributed by atoms with Crippen molar-refractivity contribution in [2.75, 3.05) is 20.2 Å². The molecule has 2 aromatic carbocycles. The number of carbonyl (C=O) groups excluding carboxylic acids is 1. The molecule has 4 N–H and O–H groups in total. The van der Waals surface area contributed by atoms with Crippen LogP contribution in [0.25, 0.3) is 0 Å². The summed E-state index contributed by atoms with van der Waals surface area (Å²) >= 11 is 0. The maximum atomic E-state index is 12.9. The second kappa shape index (κ2) is 12.8. The minimum Gasteiger partial charge on any atom is -0.489 e. The van der Waals surface area contributed by atoms with Crippen LogP contribution in [0.2, 0.25) is 0 Å². The van der Waals surface area contributed by atoms with Gasteiger partial charge in [0.15, 0.2) is 12.6 Å². The first-order valence-corrected chi connectivity index (χ1v) is 8.83. The SMILES string of the molecule is CN=C(NCc1cccc(OCC(N)=O)c1)NCC(C)Oc1ccc(F)cc1.I. The van der Waals surface area contributed by atoms with Gasteiger partial charge in [-0.05, 0) is 48.9 Å². The molecule has 7 nitrogen and oxygen atoms in total. The molecule has 0 radical (unpaired) electrons. The topological polar surface area (TPSA) is 98.0 Å². The van der Waals surface area contributed by atoms with Crippen LogP contribution in [0.5, 0.6) is 11.5 Å². The molecule has 9 heteroatoms. The lowest BCUT2D eigenvalue weighted by atomic mass is 10.2. The zero-order valence-corrected chi connectivity index (χ0v) is 18.7. The summed E-state index contributed by atoms with van der Waals surface area (Å²) in [6, 6.07) is 13.2. The summed E-state index contributed by atoms with van der Waals surface area (Å²) < 4.78 is 24.0. The van der Waals surface area contributed by atoms with Gasteiger partial charge in [-0.2, -0.15) is 0 Å². The Kier molecular flexibility index (Phi) is 10.8. The second-order valence-corrected chi connectivity index (χ2v) is 6.09. The molecule has 0 saturated carbocycles. The molecule has 1 unspecified atom stereocenters. The highest BCUT2D eigenvalue weighted by Crippen LogP contribution is 2.14. The molecule has 0 saturated heterocycles. The summed E-state index contributed by atoms with van der Waals surface area (Å²) in [6.45, 7) is 2.77. The molecule has 0 aliphatic rings. The lowest BCUT2D eigenvalue weighted by Crippen LogP contribution is -2.41. The Bertz CT molecular complexity index is 803. The third-order valence-electron chi connectivity index (χ3n) is 3.67. The molecule has 2 rings (SSSR count). The molecular weight excluding hydrogens is 490 g/mol. The number of benzene rings is 2. The number of amides is 1. The van der Waals surface area contributed by atoms with Crippen molar-refractivity contribution in [1.82, 2.24) is 10.6 Å². The van der Waals surface area contributed by atoms with E-state index in [1.165, 1.54) is 12.1 Å². The maximum Gasteiger partial charge on any atom is 0.255 e. The van der Waals surface area contributed by atoms with Gasteiger partial charge in [-0.15, -0.1) is 24.0 Å². The average molecular weight is 516 g/mol. The predicted octanol–water partition coefficient (Wildman–Crippen LogP) is 2.44.